The van der Waals surface area contributed by atoms with Crippen molar-refractivity contribution in [3.63, 3.8) is 0 Å². The summed E-state index contributed by atoms with van der Waals surface area (Å²) in [5, 5.41) is 0.765. The molecule has 2 aromatic rings. The summed E-state index contributed by atoms with van der Waals surface area (Å²) in [6.07, 6.45) is 1.84. The van der Waals surface area contributed by atoms with Crippen molar-refractivity contribution in [2.24, 2.45) is 0 Å². The van der Waals surface area contributed by atoms with E-state index in [1.165, 1.54) is 0 Å². The van der Waals surface area contributed by atoms with Gasteiger partial charge in [-0.15, -0.1) is 0 Å². The number of aromatic amines is 1. The van der Waals surface area contributed by atoms with Crippen LogP contribution in [0.5, 0.6) is 0 Å². The smallest absolute Gasteiger partial charge is 0.0661 e. The van der Waals surface area contributed by atoms with E-state index in [1.807, 2.05) is 42.6 Å². The van der Waals surface area contributed by atoms with Crippen molar-refractivity contribution in [1.82, 2.24) is 4.98 Å². The third-order valence-corrected chi connectivity index (χ3v) is 2.07. The van der Waals surface area contributed by atoms with E-state index in [0.717, 1.165) is 16.3 Å². The Kier molecular flexibility index (Phi) is 1.88. The minimum absolute atomic E-state index is 0.765. The highest BCUT2D eigenvalue weighted by atomic mass is 35.5. The van der Waals surface area contributed by atoms with Gasteiger partial charge in [-0.3, -0.25) is 0 Å². The fraction of sp³-hybridized carbons (Fsp3) is 0. The highest BCUT2D eigenvalue weighted by Gasteiger charge is 2.01. The minimum Gasteiger partial charge on any atom is -0.360 e. The van der Waals surface area contributed by atoms with E-state index in [2.05, 4.69) is 4.98 Å². The van der Waals surface area contributed by atoms with Crippen LogP contribution in [0, 0.1) is 0 Å². The number of benzene rings is 1. The third kappa shape index (κ3) is 1.23. The number of H-pyrrole nitrogens is 1. The van der Waals surface area contributed by atoms with Crippen molar-refractivity contribution in [1.29, 1.82) is 0 Å². The fourth-order valence-electron chi connectivity index (χ4n) is 1.18. The first-order chi connectivity index (χ1) is 5.88. The molecule has 0 saturated carbocycles. The van der Waals surface area contributed by atoms with Gasteiger partial charge in [-0.1, -0.05) is 41.9 Å². The van der Waals surface area contributed by atoms with Crippen LogP contribution in [0.1, 0.15) is 0 Å². The molecule has 1 heterocycles. The summed E-state index contributed by atoms with van der Waals surface area (Å²) in [7, 11) is 0. The Morgan fingerprint density at radius 3 is 2.33 bits per heavy atom. The molecule has 0 fully saturated rings. The number of nitrogens with one attached hydrogen (secondary N) is 1. The number of hydrogen-bond acceptors (Lipinski definition) is 0. The summed E-state index contributed by atoms with van der Waals surface area (Å²) in [5.74, 6) is 0. The summed E-state index contributed by atoms with van der Waals surface area (Å²) in [6, 6.07) is 11.9. The molecule has 0 unspecified atom stereocenters. The van der Waals surface area contributed by atoms with E-state index >= 15 is 0 Å². The molecule has 0 atom stereocenters. The molecule has 1 nitrogen and oxygen atoms in total. The monoisotopic (exact) mass is 177 g/mol. The Balaban J connectivity index is 2.51. The van der Waals surface area contributed by atoms with Gasteiger partial charge in [0.05, 0.1) is 10.7 Å². The molecule has 0 spiro atoms. The quantitative estimate of drug-likeness (QED) is 0.688. The maximum absolute atomic E-state index is 5.94. The SMILES string of the molecule is Clc1cc[nH]c1-c1ccccc1. The predicted molar refractivity (Wildman–Crippen MR) is 51.2 cm³/mol. The van der Waals surface area contributed by atoms with Gasteiger partial charge in [0.2, 0.25) is 0 Å². The molecule has 1 aromatic carbocycles. The zero-order chi connectivity index (χ0) is 8.39. The predicted octanol–water partition coefficient (Wildman–Crippen LogP) is 3.34. The molecule has 12 heavy (non-hydrogen) atoms. The highest BCUT2D eigenvalue weighted by molar-refractivity contribution is 6.33. The molecular formula is C10H8ClN. The zero-order valence-corrected chi connectivity index (χ0v) is 7.18. The van der Waals surface area contributed by atoms with Crippen LogP contribution in [0.15, 0.2) is 42.6 Å². The van der Waals surface area contributed by atoms with Gasteiger partial charge in [0, 0.05) is 6.20 Å². The van der Waals surface area contributed by atoms with E-state index in [4.69, 9.17) is 11.6 Å². The Bertz CT molecular complexity index is 364. The van der Waals surface area contributed by atoms with Gasteiger partial charge in [0.25, 0.3) is 0 Å². The largest absolute Gasteiger partial charge is 0.360 e. The minimum atomic E-state index is 0.765. The average molecular weight is 178 g/mol. The van der Waals surface area contributed by atoms with Crippen molar-refractivity contribution >= 4 is 11.6 Å². The topological polar surface area (TPSA) is 15.8 Å². The Hall–Kier alpha value is -1.21. The normalized spacial score (nSPS) is 10.1. The van der Waals surface area contributed by atoms with Crippen LogP contribution in [0.25, 0.3) is 11.3 Å². The summed E-state index contributed by atoms with van der Waals surface area (Å²) < 4.78 is 0. The molecule has 60 valence electrons. The van der Waals surface area contributed by atoms with Gasteiger partial charge in [-0.2, -0.15) is 0 Å². The standard InChI is InChI=1S/C10H8ClN/c11-9-6-7-12-10(9)8-4-2-1-3-5-8/h1-7,12H. The molecule has 1 aromatic heterocycles. The van der Waals surface area contributed by atoms with Crippen LogP contribution < -0.4 is 0 Å². The first kappa shape index (κ1) is 7.44. The van der Waals surface area contributed by atoms with E-state index in [0.29, 0.717) is 0 Å². The maximum Gasteiger partial charge on any atom is 0.0661 e. The van der Waals surface area contributed by atoms with E-state index in [1.54, 1.807) is 0 Å². The second-order valence-electron chi connectivity index (χ2n) is 2.57. The van der Waals surface area contributed by atoms with Crippen LogP contribution in [0.2, 0.25) is 5.02 Å². The van der Waals surface area contributed by atoms with Gasteiger partial charge in [0.15, 0.2) is 0 Å². The maximum atomic E-state index is 5.94. The molecule has 0 saturated heterocycles. The van der Waals surface area contributed by atoms with Gasteiger partial charge < -0.3 is 4.98 Å². The molecule has 0 aliphatic rings. The van der Waals surface area contributed by atoms with Crippen molar-refractivity contribution in [3.05, 3.63) is 47.6 Å². The Morgan fingerprint density at radius 1 is 1.00 bits per heavy atom. The number of aromatic nitrogens is 1. The molecular weight excluding hydrogens is 170 g/mol. The van der Waals surface area contributed by atoms with E-state index in [9.17, 15) is 0 Å². The summed E-state index contributed by atoms with van der Waals surface area (Å²) in [6.45, 7) is 0. The lowest BCUT2D eigenvalue weighted by atomic mass is 10.2. The lowest BCUT2D eigenvalue weighted by Gasteiger charge is -1.97. The second-order valence-corrected chi connectivity index (χ2v) is 2.97. The van der Waals surface area contributed by atoms with Crippen LogP contribution in [0.4, 0.5) is 0 Å². The third-order valence-electron chi connectivity index (χ3n) is 1.76. The lowest BCUT2D eigenvalue weighted by molar-refractivity contribution is 1.40. The first-order valence-corrected chi connectivity index (χ1v) is 4.14. The van der Waals surface area contributed by atoms with Crippen LogP contribution in [-0.4, -0.2) is 4.98 Å². The fourth-order valence-corrected chi connectivity index (χ4v) is 1.40. The molecule has 0 bridgehead atoms. The van der Waals surface area contributed by atoms with E-state index in [-0.39, 0.29) is 0 Å². The highest BCUT2D eigenvalue weighted by Crippen LogP contribution is 2.25. The second kappa shape index (κ2) is 3.03. The average Bonchev–Trinajstić information content (AvgIpc) is 2.53. The molecule has 0 radical (unpaired) electrons. The number of rotatable bonds is 1. The van der Waals surface area contributed by atoms with Gasteiger partial charge >= 0.3 is 0 Å². The van der Waals surface area contributed by atoms with Crippen molar-refractivity contribution in [2.75, 3.05) is 0 Å². The number of halogens is 1. The molecule has 0 aliphatic heterocycles. The summed E-state index contributed by atoms with van der Waals surface area (Å²) in [5.41, 5.74) is 2.10. The molecule has 2 heteroatoms. The number of hydrogen-bond donors (Lipinski definition) is 1. The van der Waals surface area contributed by atoms with Gasteiger partial charge in [-0.25, -0.2) is 0 Å². The summed E-state index contributed by atoms with van der Waals surface area (Å²) >= 11 is 5.94. The van der Waals surface area contributed by atoms with Gasteiger partial charge in [0.1, 0.15) is 0 Å². The Labute approximate surface area is 76.0 Å². The van der Waals surface area contributed by atoms with Crippen LogP contribution in [-0.2, 0) is 0 Å². The molecule has 0 aliphatic carbocycles. The molecule has 0 amide bonds. The zero-order valence-electron chi connectivity index (χ0n) is 6.42. The van der Waals surface area contributed by atoms with Crippen LogP contribution in [0.3, 0.4) is 0 Å². The molecule has 2 rings (SSSR count). The lowest BCUT2D eigenvalue weighted by Crippen LogP contribution is -1.75. The van der Waals surface area contributed by atoms with Crippen molar-refractivity contribution in [2.45, 2.75) is 0 Å². The Morgan fingerprint density at radius 2 is 1.75 bits per heavy atom. The van der Waals surface area contributed by atoms with E-state index < -0.39 is 0 Å². The van der Waals surface area contributed by atoms with Gasteiger partial charge in [-0.05, 0) is 11.6 Å². The van der Waals surface area contributed by atoms with Crippen molar-refractivity contribution < 1.29 is 0 Å². The van der Waals surface area contributed by atoms with Crippen molar-refractivity contribution in [3.8, 4) is 11.3 Å². The summed E-state index contributed by atoms with van der Waals surface area (Å²) in [4.78, 5) is 3.09. The molecule has 1 N–H and O–H groups in total. The van der Waals surface area contributed by atoms with Crippen LogP contribution >= 0.6 is 11.6 Å². The first-order valence-electron chi connectivity index (χ1n) is 3.76.